The summed E-state index contributed by atoms with van der Waals surface area (Å²) in [4.78, 5) is 12.7. The molecule has 4 heteroatoms. The van der Waals surface area contributed by atoms with Crippen LogP contribution in [0.15, 0.2) is 24.4 Å². The van der Waals surface area contributed by atoms with Gasteiger partial charge in [0.05, 0.1) is 23.8 Å². The van der Waals surface area contributed by atoms with E-state index in [0.29, 0.717) is 0 Å². The van der Waals surface area contributed by atoms with Crippen molar-refractivity contribution in [1.29, 1.82) is 0 Å². The number of benzene rings is 1. The molecule has 4 nitrogen and oxygen atoms in total. The molecule has 0 spiro atoms. The van der Waals surface area contributed by atoms with E-state index in [1.165, 1.54) is 60.0 Å². The molecule has 0 bridgehead atoms. The molecular weight excluding hydrogens is 370 g/mol. The highest BCUT2D eigenvalue weighted by Crippen LogP contribution is 2.30. The SMILES string of the molecule is C#Cc1ccc(C)cc1Cn1[nH]c2cnc(CCC3CCCC3)c(C)c21.C=O.[CH2]C.[HH]. The molecule has 1 N–H and O–H groups in total. The minimum Gasteiger partial charge on any atom is -0.307 e. The Morgan fingerprint density at radius 3 is 2.63 bits per heavy atom. The Balaban J connectivity index is 0.000000910. The van der Waals surface area contributed by atoms with Gasteiger partial charge in [-0.1, -0.05) is 63.1 Å². The van der Waals surface area contributed by atoms with Gasteiger partial charge in [-0.2, -0.15) is 0 Å². The van der Waals surface area contributed by atoms with Gasteiger partial charge in [-0.15, -0.1) is 6.42 Å². The lowest BCUT2D eigenvalue weighted by atomic mass is 9.98. The first-order valence-electron chi connectivity index (χ1n) is 10.7. The van der Waals surface area contributed by atoms with Crippen LogP contribution in [0, 0.1) is 39.0 Å². The second kappa shape index (κ2) is 11.4. The Morgan fingerprint density at radius 2 is 1.97 bits per heavy atom. The molecule has 2 heterocycles. The number of terminal acetylenes is 1. The van der Waals surface area contributed by atoms with Crippen molar-refractivity contribution in [3.05, 3.63) is 59.3 Å². The third kappa shape index (κ3) is 5.21. The molecule has 1 radical (unpaired) electrons. The smallest absolute Gasteiger partial charge is 0.106 e. The topological polar surface area (TPSA) is 50.7 Å². The van der Waals surface area contributed by atoms with Crippen molar-refractivity contribution in [3.63, 3.8) is 0 Å². The Labute approximate surface area is 182 Å². The number of nitrogens with one attached hydrogen (secondary N) is 1. The van der Waals surface area contributed by atoms with E-state index in [1.54, 1.807) is 6.92 Å². The highest BCUT2D eigenvalue weighted by Gasteiger charge is 2.18. The summed E-state index contributed by atoms with van der Waals surface area (Å²) < 4.78 is 2.21. The van der Waals surface area contributed by atoms with Crippen LogP contribution < -0.4 is 0 Å². The number of aromatic nitrogens is 3. The fraction of sp³-hybridized carbons (Fsp3) is 0.423. The van der Waals surface area contributed by atoms with Crippen molar-refractivity contribution < 1.29 is 6.22 Å². The van der Waals surface area contributed by atoms with Crippen LogP contribution in [0.4, 0.5) is 0 Å². The second-order valence-corrected chi connectivity index (χ2v) is 7.78. The van der Waals surface area contributed by atoms with E-state index in [-0.39, 0.29) is 1.43 Å². The van der Waals surface area contributed by atoms with E-state index >= 15 is 0 Å². The summed E-state index contributed by atoms with van der Waals surface area (Å²) in [5, 5.41) is 3.41. The minimum atomic E-state index is 0. The van der Waals surface area contributed by atoms with E-state index in [0.717, 1.165) is 30.0 Å². The number of hydrogen-bond donors (Lipinski definition) is 1. The molecule has 4 rings (SSSR count). The molecule has 0 saturated heterocycles. The first-order valence-corrected chi connectivity index (χ1v) is 10.7. The fourth-order valence-electron chi connectivity index (χ4n) is 4.39. The number of fused-ring (bicyclic) bond motifs is 1. The van der Waals surface area contributed by atoms with Crippen LogP contribution in [0.3, 0.4) is 0 Å². The number of carbonyl (C=O) groups is 1. The van der Waals surface area contributed by atoms with Gasteiger partial charge in [-0.05, 0) is 49.8 Å². The second-order valence-electron chi connectivity index (χ2n) is 7.78. The third-order valence-corrected chi connectivity index (χ3v) is 5.93. The van der Waals surface area contributed by atoms with Gasteiger partial charge in [0.1, 0.15) is 6.79 Å². The van der Waals surface area contributed by atoms with Gasteiger partial charge in [0.2, 0.25) is 0 Å². The molecule has 161 valence electrons. The summed E-state index contributed by atoms with van der Waals surface area (Å²) in [5.41, 5.74) is 8.38. The van der Waals surface area contributed by atoms with Crippen LogP contribution >= 0.6 is 0 Å². The number of hydrogen-bond acceptors (Lipinski definition) is 2. The molecule has 1 aliphatic rings. The molecule has 0 aliphatic heterocycles. The van der Waals surface area contributed by atoms with Crippen molar-refractivity contribution in [2.24, 2.45) is 5.92 Å². The molecule has 0 unspecified atom stereocenters. The molecule has 1 aliphatic carbocycles. The van der Waals surface area contributed by atoms with Crippen molar-refractivity contribution in [1.82, 2.24) is 14.8 Å². The van der Waals surface area contributed by atoms with Gasteiger partial charge in [0.25, 0.3) is 0 Å². The average molecular weight is 407 g/mol. The third-order valence-electron chi connectivity index (χ3n) is 5.93. The highest BCUT2D eigenvalue weighted by atomic mass is 16.1. The maximum atomic E-state index is 8.00. The zero-order chi connectivity index (χ0) is 22.1. The lowest BCUT2D eigenvalue weighted by Crippen LogP contribution is -2.16. The molecule has 2 aromatic heterocycles. The van der Waals surface area contributed by atoms with E-state index in [9.17, 15) is 0 Å². The van der Waals surface area contributed by atoms with Crippen molar-refractivity contribution in [3.8, 4) is 12.3 Å². The maximum Gasteiger partial charge on any atom is 0.106 e. The van der Waals surface area contributed by atoms with E-state index in [1.807, 2.05) is 19.1 Å². The predicted molar refractivity (Wildman–Crippen MR) is 128 cm³/mol. The summed E-state index contributed by atoms with van der Waals surface area (Å²) in [6, 6.07) is 6.30. The standard InChI is InChI=1S/C23H27N3.C2H5.CH2O.H2/c1-4-19-11-9-16(2)13-20(19)15-26-23-17(3)21(24-14-22(23)25-26)12-10-18-7-5-6-8-18;2*1-2;/h1,9,11,13-14,18,25H,5-8,10,12,15H2,2-3H3;1H2,2H3;1H2;1H. The number of aromatic amines is 1. The summed E-state index contributed by atoms with van der Waals surface area (Å²) in [6.07, 6.45) is 15.7. The molecular formula is C26H36N3O. The van der Waals surface area contributed by atoms with Crippen LogP contribution in [0.1, 0.15) is 68.4 Å². The fourth-order valence-corrected chi connectivity index (χ4v) is 4.39. The summed E-state index contributed by atoms with van der Waals surface area (Å²) in [6.45, 7) is 12.1. The van der Waals surface area contributed by atoms with Crippen LogP contribution in [0.2, 0.25) is 0 Å². The Hall–Kier alpha value is -2.80. The highest BCUT2D eigenvalue weighted by molar-refractivity contribution is 5.80. The van der Waals surface area contributed by atoms with Crippen LogP contribution in [-0.4, -0.2) is 21.6 Å². The maximum absolute atomic E-state index is 8.00. The molecule has 3 aromatic rings. The number of H-pyrrole nitrogens is 1. The monoisotopic (exact) mass is 406 g/mol. The van der Waals surface area contributed by atoms with Gasteiger partial charge in [0, 0.05) is 12.7 Å². The van der Waals surface area contributed by atoms with Gasteiger partial charge in [-0.3, -0.25) is 14.8 Å². The first-order chi connectivity index (χ1) is 14.7. The molecule has 1 aromatic carbocycles. The largest absolute Gasteiger partial charge is 0.307 e. The minimum absolute atomic E-state index is 0. The van der Waals surface area contributed by atoms with Crippen LogP contribution in [0.5, 0.6) is 0 Å². The lowest BCUT2D eigenvalue weighted by molar-refractivity contribution is -0.0979. The number of pyridine rings is 1. The van der Waals surface area contributed by atoms with Crippen LogP contribution in [0.25, 0.3) is 11.0 Å². The first kappa shape index (κ1) is 23.5. The number of nitrogens with zero attached hydrogens (tertiary/aromatic N) is 2. The van der Waals surface area contributed by atoms with Gasteiger partial charge in [-0.25, -0.2) is 0 Å². The van der Waals surface area contributed by atoms with Crippen molar-refractivity contribution >= 4 is 17.8 Å². The normalized spacial score (nSPS) is 13.3. The van der Waals surface area contributed by atoms with E-state index in [2.05, 4.69) is 48.6 Å². The Bertz CT molecular complexity index is 990. The molecule has 30 heavy (non-hydrogen) atoms. The molecule has 1 saturated carbocycles. The van der Waals surface area contributed by atoms with Crippen molar-refractivity contribution in [2.75, 3.05) is 0 Å². The number of carbonyl (C=O) groups excluding carboxylic acids is 1. The number of rotatable bonds is 5. The van der Waals surface area contributed by atoms with Gasteiger partial charge < -0.3 is 4.79 Å². The Morgan fingerprint density at radius 1 is 1.27 bits per heavy atom. The lowest BCUT2D eigenvalue weighted by Gasteiger charge is -2.21. The summed E-state index contributed by atoms with van der Waals surface area (Å²) in [7, 11) is 0. The van der Waals surface area contributed by atoms with Gasteiger partial charge in [0.15, 0.2) is 0 Å². The quantitative estimate of drug-likeness (QED) is 0.526. The molecule has 0 atom stereocenters. The Kier molecular flexibility index (Phi) is 8.92. The zero-order valence-electron chi connectivity index (χ0n) is 18.6. The van der Waals surface area contributed by atoms with Crippen molar-refractivity contribution in [2.45, 2.75) is 65.8 Å². The van der Waals surface area contributed by atoms with E-state index in [4.69, 9.17) is 16.2 Å². The summed E-state index contributed by atoms with van der Waals surface area (Å²) in [5.74, 6) is 3.72. The van der Waals surface area contributed by atoms with Crippen LogP contribution in [-0.2, 0) is 17.8 Å². The van der Waals surface area contributed by atoms with E-state index < -0.39 is 0 Å². The molecule has 1 fully saturated rings. The zero-order valence-corrected chi connectivity index (χ0v) is 18.6. The van der Waals surface area contributed by atoms with Gasteiger partial charge >= 0.3 is 0 Å². The number of aryl methyl sites for hydroxylation is 3. The predicted octanol–water partition coefficient (Wildman–Crippen LogP) is 6.04. The summed E-state index contributed by atoms with van der Waals surface area (Å²) >= 11 is 0. The molecule has 0 amide bonds. The average Bonchev–Trinajstić information content (AvgIpc) is 3.28.